The van der Waals surface area contributed by atoms with Gasteiger partial charge in [0.15, 0.2) is 0 Å². The van der Waals surface area contributed by atoms with Crippen molar-refractivity contribution in [3.05, 3.63) is 164 Å². The molecule has 0 aliphatic carbocycles. The Morgan fingerprint density at radius 1 is 0.364 bits per heavy atom. The molecule has 0 atom stereocenters. The van der Waals surface area contributed by atoms with E-state index < -0.39 is 35.1 Å². The monoisotopic (exact) mass is 882 g/mol. The van der Waals surface area contributed by atoms with Crippen LogP contribution >= 0.6 is 0 Å². The van der Waals surface area contributed by atoms with Crippen LogP contribution < -0.4 is 14.7 Å². The summed E-state index contributed by atoms with van der Waals surface area (Å²) in [6.45, 7) is 16.3. The number of carbonyl (C=O) groups excluding carboxylic acids is 3. The van der Waals surface area contributed by atoms with Crippen molar-refractivity contribution in [2.24, 2.45) is 0 Å². The van der Waals surface area contributed by atoms with Crippen molar-refractivity contribution >= 4 is 52.4 Å². The van der Waals surface area contributed by atoms with Crippen molar-refractivity contribution in [2.45, 2.75) is 79.1 Å². The highest BCUT2D eigenvalue weighted by Gasteiger charge is 2.30. The van der Waals surface area contributed by atoms with Crippen molar-refractivity contribution in [2.75, 3.05) is 14.7 Å². The fourth-order valence-electron chi connectivity index (χ4n) is 6.87. The van der Waals surface area contributed by atoms with Gasteiger partial charge in [-0.3, -0.25) is 9.97 Å². The van der Waals surface area contributed by atoms with Gasteiger partial charge in [-0.2, -0.15) is 0 Å². The first-order chi connectivity index (χ1) is 31.3. The maximum atomic E-state index is 14.1. The Kier molecular flexibility index (Phi) is 13.3. The van der Waals surface area contributed by atoms with Crippen LogP contribution in [-0.4, -0.2) is 50.0 Å². The number of carbonyl (C=O) groups is 3. The first-order valence-electron chi connectivity index (χ1n) is 21.6. The van der Waals surface area contributed by atoms with Crippen LogP contribution in [0.25, 0.3) is 33.9 Å². The van der Waals surface area contributed by atoms with Crippen molar-refractivity contribution in [1.29, 1.82) is 0 Å². The predicted molar refractivity (Wildman–Crippen MR) is 261 cm³/mol. The summed E-state index contributed by atoms with van der Waals surface area (Å²) in [7, 11) is 0. The van der Waals surface area contributed by atoms with Crippen LogP contribution in [0, 0.1) is 0 Å². The number of para-hydroxylation sites is 1. The van der Waals surface area contributed by atoms with Crippen LogP contribution in [0.15, 0.2) is 164 Å². The molecule has 3 heterocycles. The first-order valence-corrected chi connectivity index (χ1v) is 21.6. The largest absolute Gasteiger partial charge is 0.443 e. The molecule has 0 saturated carbocycles. The fourth-order valence-corrected chi connectivity index (χ4v) is 6.87. The Hall–Kier alpha value is -7.86. The molecule has 0 bridgehead atoms. The highest BCUT2D eigenvalue weighted by atomic mass is 16.6. The number of rotatable bonds is 9. The molecule has 0 spiro atoms. The smallest absolute Gasteiger partial charge is 0.419 e. The van der Waals surface area contributed by atoms with Gasteiger partial charge in [0, 0.05) is 12.4 Å². The predicted octanol–water partition coefficient (Wildman–Crippen LogP) is 14.1. The zero-order valence-electron chi connectivity index (χ0n) is 38.7. The molecule has 0 aliphatic heterocycles. The van der Waals surface area contributed by atoms with E-state index in [4.69, 9.17) is 19.2 Å². The Labute approximate surface area is 386 Å². The first kappa shape index (κ1) is 46.1. The van der Waals surface area contributed by atoms with Gasteiger partial charge in [-0.15, -0.1) is 0 Å². The lowest BCUT2D eigenvalue weighted by Gasteiger charge is -2.30. The lowest BCUT2D eigenvalue weighted by Crippen LogP contribution is -2.35. The number of nitrogens with zero attached hydrogens (tertiary/aromatic N) is 6. The second-order valence-corrected chi connectivity index (χ2v) is 18.4. The molecule has 0 radical (unpaired) electrons. The molecule has 3 amide bonds. The Morgan fingerprint density at radius 3 is 0.970 bits per heavy atom. The fraction of sp³-hybridized carbons (Fsp3) is 0.222. The number of hydrogen-bond acceptors (Lipinski definition) is 9. The lowest BCUT2D eigenvalue weighted by molar-refractivity contribution is 0.0587. The van der Waals surface area contributed by atoms with Crippen LogP contribution in [0.5, 0.6) is 0 Å². The average Bonchev–Trinajstić information content (AvgIpc) is 3.27. The van der Waals surface area contributed by atoms with Gasteiger partial charge in [-0.25, -0.2) is 34.1 Å². The molecule has 336 valence electrons. The molecular weight excluding hydrogens is 829 g/mol. The maximum Gasteiger partial charge on any atom is 0.419 e. The molecule has 0 aliphatic rings. The Morgan fingerprint density at radius 2 is 0.667 bits per heavy atom. The molecule has 0 fully saturated rings. The third-order valence-electron chi connectivity index (χ3n) is 9.61. The molecule has 66 heavy (non-hydrogen) atoms. The summed E-state index contributed by atoms with van der Waals surface area (Å²) in [5.41, 5.74) is 5.41. The van der Waals surface area contributed by atoms with E-state index in [9.17, 15) is 14.4 Å². The quantitative estimate of drug-likeness (QED) is 0.130. The summed E-state index contributed by atoms with van der Waals surface area (Å²) < 4.78 is 17.6. The molecule has 0 saturated heterocycles. The molecule has 12 heteroatoms. The molecular formula is C54H54N6O6. The molecule has 0 unspecified atom stereocenters. The number of anilines is 6. The molecule has 12 nitrogen and oxygen atoms in total. The van der Waals surface area contributed by atoms with Gasteiger partial charge >= 0.3 is 18.3 Å². The Balaban J connectivity index is 1.24. The minimum atomic E-state index is -0.814. The SMILES string of the molecule is CC(C)(C)OC(=O)N(c1ccccc1)c1ccc(N(C(=O)OC(C)(C)C)c2ccc(N(C(=O)OC(C)(C)C)c3ccc(-c4cc(-c5ccccn5)nc(-c5ccccn5)c4)cc3)cc2)cc1. The number of amides is 3. The van der Waals surface area contributed by atoms with Gasteiger partial charge in [0.1, 0.15) is 16.8 Å². The number of hydrogen-bond donors (Lipinski definition) is 0. The van der Waals surface area contributed by atoms with Crippen LogP contribution in [0.4, 0.5) is 48.5 Å². The molecule has 7 rings (SSSR count). The molecule has 3 aromatic heterocycles. The third kappa shape index (κ3) is 11.6. The van der Waals surface area contributed by atoms with E-state index in [-0.39, 0.29) is 0 Å². The lowest BCUT2D eigenvalue weighted by atomic mass is 10.0. The molecule has 7 aromatic rings. The normalized spacial score (nSPS) is 11.6. The average molecular weight is 883 g/mol. The van der Waals surface area contributed by atoms with Gasteiger partial charge in [0.2, 0.25) is 0 Å². The minimum Gasteiger partial charge on any atom is -0.443 e. The van der Waals surface area contributed by atoms with Gasteiger partial charge in [-0.05, 0) is 183 Å². The molecule has 4 aromatic carbocycles. The van der Waals surface area contributed by atoms with Crippen molar-refractivity contribution < 1.29 is 28.6 Å². The second-order valence-electron chi connectivity index (χ2n) is 18.4. The van der Waals surface area contributed by atoms with Gasteiger partial charge in [0.05, 0.1) is 56.9 Å². The number of aromatic nitrogens is 3. The van der Waals surface area contributed by atoms with E-state index in [1.165, 1.54) is 14.7 Å². The van der Waals surface area contributed by atoms with Gasteiger partial charge in [0.25, 0.3) is 0 Å². The van der Waals surface area contributed by atoms with E-state index >= 15 is 0 Å². The number of ether oxygens (including phenoxy) is 3. The van der Waals surface area contributed by atoms with E-state index in [0.29, 0.717) is 45.5 Å². The highest BCUT2D eigenvalue weighted by molar-refractivity contribution is 6.00. The highest BCUT2D eigenvalue weighted by Crippen LogP contribution is 2.37. The van der Waals surface area contributed by atoms with Crippen LogP contribution in [-0.2, 0) is 14.2 Å². The van der Waals surface area contributed by atoms with E-state index in [0.717, 1.165) is 22.5 Å². The zero-order valence-corrected chi connectivity index (χ0v) is 38.7. The summed E-state index contributed by atoms with van der Waals surface area (Å²) in [4.78, 5) is 60.1. The van der Waals surface area contributed by atoms with Crippen LogP contribution in [0.1, 0.15) is 62.3 Å². The van der Waals surface area contributed by atoms with E-state index in [1.807, 2.05) is 145 Å². The van der Waals surface area contributed by atoms with E-state index in [2.05, 4.69) is 9.97 Å². The van der Waals surface area contributed by atoms with Gasteiger partial charge < -0.3 is 14.2 Å². The summed E-state index contributed by atoms with van der Waals surface area (Å²) in [6.07, 6.45) is 1.71. The second kappa shape index (κ2) is 19.1. The standard InChI is InChI=1S/C54H54N6O6/c1-52(2,3)64-49(61)58(39-17-11-10-12-18-39)41-25-27-43(28-26-41)60(51(63)66-54(7,8)9)44-31-29-42(30-32-44)59(50(62)65-53(4,5)6)40-23-21-37(22-24-40)38-35-47(45-19-13-15-33-55-45)57-48(36-38)46-20-14-16-34-56-46/h10-36H,1-9H3. The maximum absolute atomic E-state index is 14.1. The topological polar surface area (TPSA) is 127 Å². The number of benzene rings is 4. The van der Waals surface area contributed by atoms with Crippen molar-refractivity contribution in [3.63, 3.8) is 0 Å². The van der Waals surface area contributed by atoms with Crippen LogP contribution in [0.2, 0.25) is 0 Å². The van der Waals surface area contributed by atoms with Gasteiger partial charge in [-0.1, -0.05) is 42.5 Å². The van der Waals surface area contributed by atoms with Crippen LogP contribution in [0.3, 0.4) is 0 Å². The summed E-state index contributed by atoms with van der Waals surface area (Å²) in [6, 6.07) is 46.1. The third-order valence-corrected chi connectivity index (χ3v) is 9.61. The zero-order chi connectivity index (χ0) is 47.2. The number of pyridine rings is 3. The summed E-state index contributed by atoms with van der Waals surface area (Å²) in [5.74, 6) is 0. The Bertz CT molecular complexity index is 2710. The molecule has 0 N–H and O–H groups in total. The summed E-state index contributed by atoms with van der Waals surface area (Å²) in [5, 5.41) is 0. The van der Waals surface area contributed by atoms with Crippen molar-refractivity contribution in [1.82, 2.24) is 15.0 Å². The minimum absolute atomic E-state index is 0.470. The van der Waals surface area contributed by atoms with Crippen molar-refractivity contribution in [3.8, 4) is 33.9 Å². The summed E-state index contributed by atoms with van der Waals surface area (Å²) >= 11 is 0. The van der Waals surface area contributed by atoms with E-state index in [1.54, 1.807) is 81.7 Å².